The molecular formula is C11H11Cl2NO. The van der Waals surface area contributed by atoms with Crippen molar-refractivity contribution in [2.75, 3.05) is 13.1 Å². The Balaban J connectivity index is 2.35. The summed E-state index contributed by atoms with van der Waals surface area (Å²) in [6, 6.07) is 5.42. The highest BCUT2D eigenvalue weighted by atomic mass is 35.5. The number of Topliss-reactive ketones (excluding diaryl/α,β-unsaturated/α-hetero) is 1. The van der Waals surface area contributed by atoms with Crippen LogP contribution in [0, 0.1) is 0 Å². The molecule has 0 aromatic heterocycles. The molecule has 1 aliphatic heterocycles. The molecular weight excluding hydrogens is 233 g/mol. The lowest BCUT2D eigenvalue weighted by Crippen LogP contribution is -2.35. The van der Waals surface area contributed by atoms with E-state index in [9.17, 15) is 4.79 Å². The summed E-state index contributed by atoms with van der Waals surface area (Å²) in [6.45, 7) is 1.41. The number of benzene rings is 1. The van der Waals surface area contributed by atoms with Crippen molar-refractivity contribution in [2.45, 2.75) is 12.3 Å². The normalized spacial score (nSPS) is 21.7. The lowest BCUT2D eigenvalue weighted by Gasteiger charge is -2.23. The summed E-state index contributed by atoms with van der Waals surface area (Å²) in [5.41, 5.74) is 0.835. The first-order chi connectivity index (χ1) is 7.20. The number of carbonyl (C=O) groups excluding carboxylic acids is 1. The predicted molar refractivity (Wildman–Crippen MR) is 61.7 cm³/mol. The Kier molecular flexibility index (Phi) is 3.29. The van der Waals surface area contributed by atoms with Crippen LogP contribution in [0.3, 0.4) is 0 Å². The van der Waals surface area contributed by atoms with Crippen LogP contribution in [-0.4, -0.2) is 18.9 Å². The highest BCUT2D eigenvalue weighted by molar-refractivity contribution is 6.42. The number of hydrogen-bond donors (Lipinski definition) is 1. The summed E-state index contributed by atoms with van der Waals surface area (Å²) < 4.78 is 0. The molecule has 1 aromatic rings. The lowest BCUT2D eigenvalue weighted by molar-refractivity contribution is -0.121. The molecule has 1 aliphatic rings. The summed E-state index contributed by atoms with van der Waals surface area (Å²) in [6.07, 6.45) is 0.563. The highest BCUT2D eigenvalue weighted by Crippen LogP contribution is 2.32. The second-order valence-corrected chi connectivity index (χ2v) is 4.40. The third-order valence-corrected chi connectivity index (χ3v) is 3.48. The van der Waals surface area contributed by atoms with Gasteiger partial charge in [-0.25, -0.2) is 0 Å². The molecule has 0 radical (unpaired) electrons. The first kappa shape index (κ1) is 10.9. The molecule has 80 valence electrons. The highest BCUT2D eigenvalue weighted by Gasteiger charge is 2.25. The van der Waals surface area contributed by atoms with E-state index in [1.54, 1.807) is 6.07 Å². The average Bonchev–Trinajstić information content (AvgIpc) is 2.23. The van der Waals surface area contributed by atoms with Crippen LogP contribution in [0.5, 0.6) is 0 Å². The number of rotatable bonds is 1. The fourth-order valence-electron chi connectivity index (χ4n) is 1.82. The van der Waals surface area contributed by atoms with Gasteiger partial charge in [0.05, 0.1) is 16.0 Å². The Morgan fingerprint density at radius 2 is 2.13 bits per heavy atom. The second-order valence-electron chi connectivity index (χ2n) is 3.62. The van der Waals surface area contributed by atoms with Gasteiger partial charge < -0.3 is 5.32 Å². The van der Waals surface area contributed by atoms with Gasteiger partial charge in [-0.3, -0.25) is 4.79 Å². The van der Waals surface area contributed by atoms with Gasteiger partial charge in [-0.15, -0.1) is 0 Å². The zero-order valence-corrected chi connectivity index (χ0v) is 9.61. The summed E-state index contributed by atoms with van der Waals surface area (Å²) in [5.74, 6) is 0.0860. The number of ketones is 1. The van der Waals surface area contributed by atoms with E-state index in [4.69, 9.17) is 23.2 Å². The smallest absolute Gasteiger partial charge is 0.142 e. The molecule has 0 saturated carbocycles. The van der Waals surface area contributed by atoms with Gasteiger partial charge in [0, 0.05) is 19.5 Å². The number of piperidine rings is 1. The Hall–Kier alpha value is -0.570. The molecule has 1 fully saturated rings. The predicted octanol–water partition coefficient (Wildman–Crippen LogP) is 2.64. The molecule has 1 atom stereocenters. The van der Waals surface area contributed by atoms with Crippen LogP contribution in [0.15, 0.2) is 18.2 Å². The fourth-order valence-corrected chi connectivity index (χ4v) is 2.26. The lowest BCUT2D eigenvalue weighted by atomic mass is 9.90. The standard InChI is InChI=1S/C11H11Cl2NO/c12-9-3-1-2-7(11(9)13)8-6-14-5-4-10(8)15/h1-3,8,14H,4-6H2. The largest absolute Gasteiger partial charge is 0.315 e. The zero-order valence-electron chi connectivity index (χ0n) is 8.09. The maximum atomic E-state index is 11.7. The molecule has 0 amide bonds. The van der Waals surface area contributed by atoms with Crippen molar-refractivity contribution in [3.8, 4) is 0 Å². The third-order valence-electron chi connectivity index (χ3n) is 2.64. The Morgan fingerprint density at radius 1 is 1.33 bits per heavy atom. The number of halogens is 2. The monoisotopic (exact) mass is 243 g/mol. The van der Waals surface area contributed by atoms with Crippen molar-refractivity contribution in [2.24, 2.45) is 0 Å². The van der Waals surface area contributed by atoms with Gasteiger partial charge in [0.2, 0.25) is 0 Å². The van der Waals surface area contributed by atoms with E-state index in [2.05, 4.69) is 5.32 Å². The minimum atomic E-state index is -0.148. The van der Waals surface area contributed by atoms with Crippen LogP contribution < -0.4 is 5.32 Å². The summed E-state index contributed by atoms with van der Waals surface area (Å²) in [5, 5.41) is 4.20. The van der Waals surface area contributed by atoms with E-state index >= 15 is 0 Å². The SMILES string of the molecule is O=C1CCNCC1c1cccc(Cl)c1Cl. The van der Waals surface area contributed by atoms with Crippen molar-refractivity contribution in [3.63, 3.8) is 0 Å². The van der Waals surface area contributed by atoms with Gasteiger partial charge in [-0.2, -0.15) is 0 Å². The maximum Gasteiger partial charge on any atom is 0.142 e. The van der Waals surface area contributed by atoms with Gasteiger partial charge in [0.15, 0.2) is 0 Å². The molecule has 2 rings (SSSR count). The van der Waals surface area contributed by atoms with Gasteiger partial charge in [-0.1, -0.05) is 35.3 Å². The molecule has 1 saturated heterocycles. The van der Waals surface area contributed by atoms with Crippen LogP contribution in [0.25, 0.3) is 0 Å². The topological polar surface area (TPSA) is 29.1 Å². The van der Waals surface area contributed by atoms with Crippen LogP contribution in [-0.2, 0) is 4.79 Å². The fraction of sp³-hybridized carbons (Fsp3) is 0.364. The van der Waals surface area contributed by atoms with E-state index in [-0.39, 0.29) is 11.7 Å². The van der Waals surface area contributed by atoms with E-state index in [0.717, 1.165) is 12.1 Å². The maximum absolute atomic E-state index is 11.7. The van der Waals surface area contributed by atoms with Gasteiger partial charge in [-0.05, 0) is 11.6 Å². The van der Waals surface area contributed by atoms with Crippen LogP contribution in [0.2, 0.25) is 10.0 Å². The molecule has 0 spiro atoms. The average molecular weight is 244 g/mol. The van der Waals surface area contributed by atoms with E-state index in [1.807, 2.05) is 12.1 Å². The first-order valence-corrected chi connectivity index (χ1v) is 5.63. The molecule has 15 heavy (non-hydrogen) atoms. The van der Waals surface area contributed by atoms with E-state index in [0.29, 0.717) is 23.0 Å². The Morgan fingerprint density at radius 3 is 2.87 bits per heavy atom. The van der Waals surface area contributed by atoms with E-state index < -0.39 is 0 Å². The number of nitrogens with one attached hydrogen (secondary N) is 1. The summed E-state index contributed by atoms with van der Waals surface area (Å²) in [4.78, 5) is 11.7. The second kappa shape index (κ2) is 4.52. The zero-order chi connectivity index (χ0) is 10.8. The molecule has 1 unspecified atom stereocenters. The quantitative estimate of drug-likeness (QED) is 0.822. The third kappa shape index (κ3) is 2.17. The minimum Gasteiger partial charge on any atom is -0.315 e. The van der Waals surface area contributed by atoms with Crippen molar-refractivity contribution in [1.29, 1.82) is 0 Å². The summed E-state index contributed by atoms with van der Waals surface area (Å²) in [7, 11) is 0. The van der Waals surface area contributed by atoms with Gasteiger partial charge in [0.1, 0.15) is 5.78 Å². The van der Waals surface area contributed by atoms with Crippen molar-refractivity contribution >= 4 is 29.0 Å². The van der Waals surface area contributed by atoms with Gasteiger partial charge in [0.25, 0.3) is 0 Å². The first-order valence-electron chi connectivity index (χ1n) is 4.87. The summed E-state index contributed by atoms with van der Waals surface area (Å²) >= 11 is 12.0. The molecule has 2 nitrogen and oxygen atoms in total. The Bertz CT molecular complexity index is 392. The minimum absolute atomic E-state index is 0.148. The molecule has 0 bridgehead atoms. The van der Waals surface area contributed by atoms with Crippen LogP contribution >= 0.6 is 23.2 Å². The van der Waals surface area contributed by atoms with Crippen LogP contribution in [0.4, 0.5) is 0 Å². The van der Waals surface area contributed by atoms with Crippen molar-refractivity contribution in [1.82, 2.24) is 5.32 Å². The van der Waals surface area contributed by atoms with Crippen molar-refractivity contribution < 1.29 is 4.79 Å². The molecule has 1 N–H and O–H groups in total. The molecule has 1 aromatic carbocycles. The molecule has 0 aliphatic carbocycles. The molecule has 4 heteroatoms. The number of carbonyl (C=O) groups is 1. The van der Waals surface area contributed by atoms with E-state index in [1.165, 1.54) is 0 Å². The molecule has 1 heterocycles. The Labute approximate surface area is 98.6 Å². The van der Waals surface area contributed by atoms with Gasteiger partial charge >= 0.3 is 0 Å². The van der Waals surface area contributed by atoms with Crippen LogP contribution in [0.1, 0.15) is 17.9 Å². The number of hydrogen-bond acceptors (Lipinski definition) is 2. The van der Waals surface area contributed by atoms with Crippen molar-refractivity contribution in [3.05, 3.63) is 33.8 Å².